The van der Waals surface area contributed by atoms with E-state index in [4.69, 9.17) is 4.74 Å². The summed E-state index contributed by atoms with van der Waals surface area (Å²) in [6, 6.07) is 0. The average Bonchev–Trinajstić information content (AvgIpc) is 2.47. The van der Waals surface area contributed by atoms with Crippen LogP contribution in [0.5, 0.6) is 0 Å². The Morgan fingerprint density at radius 1 is 1.45 bits per heavy atom. The molecule has 2 heterocycles. The van der Waals surface area contributed by atoms with E-state index in [9.17, 15) is 9.50 Å². The van der Waals surface area contributed by atoms with Gasteiger partial charge in [-0.3, -0.25) is 4.90 Å². The van der Waals surface area contributed by atoms with Crippen LogP contribution in [0.3, 0.4) is 0 Å². The molecule has 112 valence electrons. The van der Waals surface area contributed by atoms with E-state index in [1.165, 1.54) is 6.33 Å². The first-order chi connectivity index (χ1) is 9.70. The molecule has 0 aliphatic carbocycles. The number of aliphatic hydroxyl groups excluding tert-OH is 1. The highest BCUT2D eigenvalue weighted by Crippen LogP contribution is 2.13. The number of aliphatic hydroxyl groups is 1. The van der Waals surface area contributed by atoms with Crippen LogP contribution in [0.25, 0.3) is 0 Å². The lowest BCUT2D eigenvalue weighted by Gasteiger charge is -2.28. The lowest BCUT2D eigenvalue weighted by molar-refractivity contribution is 0.0171. The quantitative estimate of drug-likeness (QED) is 0.782. The molecule has 0 radical (unpaired) electrons. The Balaban J connectivity index is 1.82. The number of aryl methyl sites for hydroxylation is 1. The van der Waals surface area contributed by atoms with Crippen LogP contribution in [-0.4, -0.2) is 65.5 Å². The lowest BCUT2D eigenvalue weighted by atomic mass is 10.2. The highest BCUT2D eigenvalue weighted by atomic mass is 19.1. The number of hydrogen-bond acceptors (Lipinski definition) is 6. The third-order valence-electron chi connectivity index (χ3n) is 3.27. The van der Waals surface area contributed by atoms with Crippen molar-refractivity contribution in [2.24, 2.45) is 0 Å². The average molecular weight is 284 g/mol. The summed E-state index contributed by atoms with van der Waals surface area (Å²) in [4.78, 5) is 9.86. The van der Waals surface area contributed by atoms with Gasteiger partial charge in [-0.25, -0.2) is 14.4 Å². The molecule has 0 saturated carbocycles. The molecular formula is C13H21FN4O2. The van der Waals surface area contributed by atoms with E-state index in [-0.39, 0.29) is 12.4 Å². The van der Waals surface area contributed by atoms with Crippen molar-refractivity contribution in [2.75, 3.05) is 44.7 Å². The van der Waals surface area contributed by atoms with Crippen LogP contribution in [0.1, 0.15) is 12.6 Å². The molecule has 1 unspecified atom stereocenters. The molecule has 7 heteroatoms. The zero-order valence-corrected chi connectivity index (χ0v) is 11.7. The van der Waals surface area contributed by atoms with Crippen molar-refractivity contribution in [3.8, 4) is 0 Å². The fourth-order valence-corrected chi connectivity index (χ4v) is 2.14. The molecule has 0 aromatic carbocycles. The summed E-state index contributed by atoms with van der Waals surface area (Å²) < 4.78 is 19.1. The molecule has 6 nitrogen and oxygen atoms in total. The lowest BCUT2D eigenvalue weighted by Crippen LogP contribution is -2.42. The first kappa shape index (κ1) is 15.1. The number of ether oxygens (including phenoxy) is 1. The molecule has 1 aromatic heterocycles. The third-order valence-corrected chi connectivity index (χ3v) is 3.27. The summed E-state index contributed by atoms with van der Waals surface area (Å²) in [6.45, 7) is 5.67. The molecule has 1 aromatic rings. The maximum absolute atomic E-state index is 13.9. The largest absolute Gasteiger partial charge is 0.390 e. The second-order valence-corrected chi connectivity index (χ2v) is 4.78. The highest BCUT2D eigenvalue weighted by molar-refractivity contribution is 5.37. The maximum atomic E-state index is 13.9. The molecule has 0 bridgehead atoms. The van der Waals surface area contributed by atoms with Crippen LogP contribution in [0, 0.1) is 5.82 Å². The smallest absolute Gasteiger partial charge is 0.186 e. The number of halogens is 1. The van der Waals surface area contributed by atoms with E-state index in [2.05, 4.69) is 20.2 Å². The molecule has 1 aliphatic heterocycles. The normalized spacial score (nSPS) is 17.9. The number of nitrogens with zero attached hydrogens (tertiary/aromatic N) is 3. The number of morpholine rings is 1. The molecular weight excluding hydrogens is 263 g/mol. The number of aromatic nitrogens is 2. The Hall–Kier alpha value is -1.31. The van der Waals surface area contributed by atoms with Crippen molar-refractivity contribution >= 4 is 5.82 Å². The summed E-state index contributed by atoms with van der Waals surface area (Å²) in [5, 5.41) is 12.8. The molecule has 2 N–H and O–H groups in total. The van der Waals surface area contributed by atoms with Crippen LogP contribution in [-0.2, 0) is 11.2 Å². The van der Waals surface area contributed by atoms with E-state index in [1.54, 1.807) is 0 Å². The Kier molecular flexibility index (Phi) is 5.63. The minimum absolute atomic E-state index is 0.151. The van der Waals surface area contributed by atoms with Crippen LogP contribution in [0.4, 0.5) is 10.2 Å². The molecule has 1 saturated heterocycles. The molecule has 20 heavy (non-hydrogen) atoms. The number of hydrogen-bond donors (Lipinski definition) is 2. The number of anilines is 1. The second-order valence-electron chi connectivity index (χ2n) is 4.78. The minimum atomic E-state index is -0.576. The summed E-state index contributed by atoms with van der Waals surface area (Å²) in [5.74, 6) is -0.286. The van der Waals surface area contributed by atoms with Crippen LogP contribution < -0.4 is 5.32 Å². The zero-order valence-electron chi connectivity index (χ0n) is 11.7. The van der Waals surface area contributed by atoms with E-state index < -0.39 is 11.9 Å². The van der Waals surface area contributed by atoms with Gasteiger partial charge in [0.2, 0.25) is 0 Å². The van der Waals surface area contributed by atoms with E-state index in [0.717, 1.165) is 13.1 Å². The van der Waals surface area contributed by atoms with Gasteiger partial charge in [-0.15, -0.1) is 0 Å². The highest BCUT2D eigenvalue weighted by Gasteiger charge is 2.16. The van der Waals surface area contributed by atoms with Crippen molar-refractivity contribution in [2.45, 2.75) is 19.4 Å². The van der Waals surface area contributed by atoms with E-state index in [0.29, 0.717) is 31.9 Å². The van der Waals surface area contributed by atoms with Gasteiger partial charge in [0, 0.05) is 26.2 Å². The molecule has 2 rings (SSSR count). The first-order valence-corrected chi connectivity index (χ1v) is 6.92. The number of rotatable bonds is 6. The predicted octanol–water partition coefficient (Wildman–Crippen LogP) is 0.283. The molecule has 1 aliphatic rings. The van der Waals surface area contributed by atoms with Gasteiger partial charge >= 0.3 is 0 Å². The SMILES string of the molecule is CCc1ncnc(NCC(O)CN2CCOCC2)c1F. The minimum Gasteiger partial charge on any atom is -0.390 e. The van der Waals surface area contributed by atoms with Gasteiger partial charge in [0.25, 0.3) is 0 Å². The van der Waals surface area contributed by atoms with Gasteiger partial charge in [-0.1, -0.05) is 6.92 Å². The van der Waals surface area contributed by atoms with Crippen molar-refractivity contribution in [3.63, 3.8) is 0 Å². The van der Waals surface area contributed by atoms with Crippen molar-refractivity contribution in [3.05, 3.63) is 17.8 Å². The molecule has 0 spiro atoms. The number of β-amino-alcohol motifs (C(OH)–C–C–N with tert-alkyl or cyclic N) is 1. The van der Waals surface area contributed by atoms with E-state index >= 15 is 0 Å². The van der Waals surface area contributed by atoms with Crippen LogP contribution >= 0.6 is 0 Å². The van der Waals surface area contributed by atoms with Gasteiger partial charge in [-0.05, 0) is 6.42 Å². The fourth-order valence-electron chi connectivity index (χ4n) is 2.14. The molecule has 1 atom stereocenters. The summed E-state index contributed by atoms with van der Waals surface area (Å²) >= 11 is 0. The van der Waals surface area contributed by atoms with Gasteiger partial charge in [-0.2, -0.15) is 0 Å². The topological polar surface area (TPSA) is 70.5 Å². The standard InChI is InChI=1S/C13H21FN4O2/c1-2-11-12(14)13(17-9-16-11)15-7-10(19)8-18-3-5-20-6-4-18/h9-10,19H,2-8H2,1H3,(H,15,16,17). The third kappa shape index (κ3) is 4.09. The predicted molar refractivity (Wildman–Crippen MR) is 73.1 cm³/mol. The van der Waals surface area contributed by atoms with Crippen molar-refractivity contribution in [1.82, 2.24) is 14.9 Å². The van der Waals surface area contributed by atoms with Gasteiger partial charge in [0.1, 0.15) is 6.33 Å². The van der Waals surface area contributed by atoms with Gasteiger partial charge in [0.05, 0.1) is 25.0 Å². The zero-order chi connectivity index (χ0) is 14.4. The first-order valence-electron chi connectivity index (χ1n) is 6.92. The Morgan fingerprint density at radius 3 is 2.90 bits per heavy atom. The summed E-state index contributed by atoms with van der Waals surface area (Å²) in [6.07, 6.45) is 1.27. The monoisotopic (exact) mass is 284 g/mol. The Bertz CT molecular complexity index is 427. The van der Waals surface area contributed by atoms with Gasteiger partial charge in [0.15, 0.2) is 11.6 Å². The number of nitrogens with one attached hydrogen (secondary N) is 1. The molecule has 0 amide bonds. The van der Waals surface area contributed by atoms with Crippen LogP contribution in [0.2, 0.25) is 0 Å². The Morgan fingerprint density at radius 2 is 2.20 bits per heavy atom. The van der Waals surface area contributed by atoms with E-state index in [1.807, 2.05) is 6.92 Å². The summed E-state index contributed by atoms with van der Waals surface area (Å²) in [7, 11) is 0. The van der Waals surface area contributed by atoms with Crippen LogP contribution in [0.15, 0.2) is 6.33 Å². The Labute approximate surface area is 118 Å². The molecule has 1 fully saturated rings. The summed E-state index contributed by atoms with van der Waals surface area (Å²) in [5.41, 5.74) is 0.380. The van der Waals surface area contributed by atoms with Crippen molar-refractivity contribution < 1.29 is 14.2 Å². The second kappa shape index (κ2) is 7.47. The van der Waals surface area contributed by atoms with Crippen molar-refractivity contribution in [1.29, 1.82) is 0 Å². The van der Waals surface area contributed by atoms with Gasteiger partial charge < -0.3 is 15.2 Å². The maximum Gasteiger partial charge on any atom is 0.186 e. The fraction of sp³-hybridized carbons (Fsp3) is 0.692.